The number of phenols is 1. The second kappa shape index (κ2) is 6.00. The van der Waals surface area contributed by atoms with Crippen molar-refractivity contribution >= 4 is 5.97 Å². The third kappa shape index (κ3) is 3.55. The third-order valence-electron chi connectivity index (χ3n) is 2.65. The summed E-state index contributed by atoms with van der Waals surface area (Å²) in [5.41, 5.74) is 2.39. The van der Waals surface area contributed by atoms with Gasteiger partial charge in [-0.1, -0.05) is 18.2 Å². The van der Waals surface area contributed by atoms with Crippen LogP contribution in [0, 0.1) is 0 Å². The zero-order valence-electron chi connectivity index (χ0n) is 10.7. The number of hydrogen-bond donors (Lipinski definition) is 1. The summed E-state index contributed by atoms with van der Waals surface area (Å²) in [6, 6.07) is 10.5. The van der Waals surface area contributed by atoms with Gasteiger partial charge in [0.15, 0.2) is 0 Å². The van der Waals surface area contributed by atoms with Crippen molar-refractivity contribution in [3.05, 3.63) is 59.4 Å². The lowest BCUT2D eigenvalue weighted by molar-refractivity contribution is 0.0519. The molecule has 2 aromatic rings. The number of rotatable bonds is 4. The number of benzene rings is 1. The normalized spacial score (nSPS) is 10.2. The SMILES string of the molecule is CCOC(=O)c1ccc(Cc2ccc(O)cc2)cn1. The van der Waals surface area contributed by atoms with Gasteiger partial charge in [-0.2, -0.15) is 0 Å². The summed E-state index contributed by atoms with van der Waals surface area (Å²) in [5, 5.41) is 9.21. The first-order valence-corrected chi connectivity index (χ1v) is 6.09. The van der Waals surface area contributed by atoms with Crippen molar-refractivity contribution in [1.29, 1.82) is 0 Å². The number of pyridine rings is 1. The molecule has 1 aromatic carbocycles. The van der Waals surface area contributed by atoms with Crippen LogP contribution in [0.3, 0.4) is 0 Å². The van der Waals surface area contributed by atoms with Crippen LogP contribution in [0.1, 0.15) is 28.5 Å². The van der Waals surface area contributed by atoms with E-state index in [2.05, 4.69) is 4.98 Å². The lowest BCUT2D eigenvalue weighted by atomic mass is 10.1. The topological polar surface area (TPSA) is 59.4 Å². The lowest BCUT2D eigenvalue weighted by Gasteiger charge is -2.04. The average molecular weight is 257 g/mol. The smallest absolute Gasteiger partial charge is 0.356 e. The number of carbonyl (C=O) groups is 1. The molecule has 1 heterocycles. The highest BCUT2D eigenvalue weighted by Gasteiger charge is 2.07. The Hall–Kier alpha value is -2.36. The Morgan fingerprint density at radius 2 is 1.84 bits per heavy atom. The van der Waals surface area contributed by atoms with Crippen LogP contribution in [0.25, 0.3) is 0 Å². The van der Waals surface area contributed by atoms with Gasteiger partial charge in [-0.15, -0.1) is 0 Å². The molecule has 0 unspecified atom stereocenters. The minimum Gasteiger partial charge on any atom is -0.508 e. The summed E-state index contributed by atoms with van der Waals surface area (Å²) in [4.78, 5) is 15.5. The van der Waals surface area contributed by atoms with Gasteiger partial charge in [0.25, 0.3) is 0 Å². The Labute approximate surface area is 111 Å². The molecule has 4 nitrogen and oxygen atoms in total. The van der Waals surface area contributed by atoms with Gasteiger partial charge in [0.1, 0.15) is 11.4 Å². The molecule has 1 aromatic heterocycles. The number of phenolic OH excluding ortho intramolecular Hbond substituents is 1. The first-order chi connectivity index (χ1) is 9.19. The van der Waals surface area contributed by atoms with Crippen molar-refractivity contribution in [1.82, 2.24) is 4.98 Å². The van der Waals surface area contributed by atoms with Gasteiger partial charge in [-0.3, -0.25) is 0 Å². The Morgan fingerprint density at radius 3 is 2.42 bits per heavy atom. The van der Waals surface area contributed by atoms with Crippen LogP contribution in [-0.2, 0) is 11.2 Å². The van der Waals surface area contributed by atoms with E-state index in [1.165, 1.54) is 0 Å². The third-order valence-corrected chi connectivity index (χ3v) is 2.65. The molecule has 0 aliphatic heterocycles. The van der Waals surface area contributed by atoms with Gasteiger partial charge in [-0.05, 0) is 42.7 Å². The van der Waals surface area contributed by atoms with E-state index in [1.54, 1.807) is 31.3 Å². The van der Waals surface area contributed by atoms with Gasteiger partial charge >= 0.3 is 5.97 Å². The highest BCUT2D eigenvalue weighted by Crippen LogP contribution is 2.13. The van der Waals surface area contributed by atoms with E-state index in [0.717, 1.165) is 11.1 Å². The molecule has 0 spiro atoms. The van der Waals surface area contributed by atoms with Crippen molar-refractivity contribution < 1.29 is 14.6 Å². The molecule has 1 N–H and O–H groups in total. The predicted octanol–water partition coefficient (Wildman–Crippen LogP) is 2.55. The maximum absolute atomic E-state index is 11.4. The number of hydrogen-bond acceptors (Lipinski definition) is 4. The van der Waals surface area contributed by atoms with Crippen molar-refractivity contribution in [2.45, 2.75) is 13.3 Å². The van der Waals surface area contributed by atoms with E-state index in [4.69, 9.17) is 4.74 Å². The van der Waals surface area contributed by atoms with Crippen LogP contribution in [-0.4, -0.2) is 22.7 Å². The lowest BCUT2D eigenvalue weighted by Crippen LogP contribution is -2.07. The van der Waals surface area contributed by atoms with E-state index in [-0.39, 0.29) is 5.75 Å². The molecule has 0 atom stereocenters. The summed E-state index contributed by atoms with van der Waals surface area (Å²) in [6.07, 6.45) is 2.37. The standard InChI is InChI=1S/C15H15NO3/c1-2-19-15(18)14-8-5-12(10-16-14)9-11-3-6-13(17)7-4-11/h3-8,10,17H,2,9H2,1H3. The number of aromatic nitrogens is 1. The molecule has 0 amide bonds. The molecule has 0 radical (unpaired) electrons. The Balaban J connectivity index is 2.06. The highest BCUT2D eigenvalue weighted by molar-refractivity contribution is 5.87. The first kappa shape index (κ1) is 13.1. The second-order valence-corrected chi connectivity index (χ2v) is 4.12. The van der Waals surface area contributed by atoms with Gasteiger partial charge in [-0.25, -0.2) is 9.78 Å². The molecule has 0 aliphatic rings. The summed E-state index contributed by atoms with van der Waals surface area (Å²) >= 11 is 0. The second-order valence-electron chi connectivity index (χ2n) is 4.12. The molecule has 98 valence electrons. The highest BCUT2D eigenvalue weighted by atomic mass is 16.5. The molecule has 4 heteroatoms. The molecule has 2 rings (SSSR count). The van der Waals surface area contributed by atoms with Gasteiger partial charge in [0.2, 0.25) is 0 Å². The number of carbonyl (C=O) groups excluding carboxylic acids is 1. The van der Waals surface area contributed by atoms with E-state index < -0.39 is 5.97 Å². The number of ether oxygens (including phenoxy) is 1. The van der Waals surface area contributed by atoms with Crippen LogP contribution in [0.2, 0.25) is 0 Å². The van der Waals surface area contributed by atoms with Crippen LogP contribution < -0.4 is 0 Å². The zero-order valence-corrected chi connectivity index (χ0v) is 10.7. The van der Waals surface area contributed by atoms with Crippen LogP contribution in [0.4, 0.5) is 0 Å². The van der Waals surface area contributed by atoms with Crippen molar-refractivity contribution in [3.63, 3.8) is 0 Å². The van der Waals surface area contributed by atoms with Crippen molar-refractivity contribution in [2.24, 2.45) is 0 Å². The molecule has 0 saturated carbocycles. The summed E-state index contributed by atoms with van der Waals surface area (Å²) < 4.78 is 4.87. The van der Waals surface area contributed by atoms with Gasteiger partial charge in [0, 0.05) is 6.20 Å². The van der Waals surface area contributed by atoms with Crippen molar-refractivity contribution in [3.8, 4) is 5.75 Å². The fourth-order valence-corrected chi connectivity index (χ4v) is 1.70. The van der Waals surface area contributed by atoms with Crippen molar-refractivity contribution in [2.75, 3.05) is 6.61 Å². The summed E-state index contributed by atoms with van der Waals surface area (Å²) in [7, 11) is 0. The average Bonchev–Trinajstić information content (AvgIpc) is 2.42. The number of nitrogens with zero attached hydrogens (tertiary/aromatic N) is 1. The number of aromatic hydroxyl groups is 1. The Kier molecular flexibility index (Phi) is 4.13. The van der Waals surface area contributed by atoms with Gasteiger partial charge < -0.3 is 9.84 Å². The fourth-order valence-electron chi connectivity index (χ4n) is 1.70. The molecule has 0 aliphatic carbocycles. The fraction of sp³-hybridized carbons (Fsp3) is 0.200. The Bertz CT molecular complexity index is 547. The van der Waals surface area contributed by atoms with E-state index in [1.807, 2.05) is 18.2 Å². The molecular weight excluding hydrogens is 242 g/mol. The van der Waals surface area contributed by atoms with E-state index >= 15 is 0 Å². The van der Waals surface area contributed by atoms with Crippen LogP contribution in [0.5, 0.6) is 5.75 Å². The maximum Gasteiger partial charge on any atom is 0.356 e. The first-order valence-electron chi connectivity index (χ1n) is 6.09. The molecular formula is C15H15NO3. The van der Waals surface area contributed by atoms with E-state index in [9.17, 15) is 9.90 Å². The summed E-state index contributed by atoms with van der Waals surface area (Å²) in [6.45, 7) is 2.10. The Morgan fingerprint density at radius 1 is 1.16 bits per heavy atom. The van der Waals surface area contributed by atoms with Crippen LogP contribution >= 0.6 is 0 Å². The zero-order chi connectivity index (χ0) is 13.7. The summed E-state index contributed by atoms with van der Waals surface area (Å²) in [5.74, 6) is -0.154. The number of esters is 1. The monoisotopic (exact) mass is 257 g/mol. The maximum atomic E-state index is 11.4. The molecule has 19 heavy (non-hydrogen) atoms. The minimum atomic E-state index is -0.404. The largest absolute Gasteiger partial charge is 0.508 e. The predicted molar refractivity (Wildman–Crippen MR) is 71.1 cm³/mol. The quantitative estimate of drug-likeness (QED) is 0.855. The molecule has 0 fully saturated rings. The van der Waals surface area contributed by atoms with Gasteiger partial charge in [0.05, 0.1) is 6.61 Å². The molecule has 0 saturated heterocycles. The van der Waals surface area contributed by atoms with Crippen LogP contribution in [0.15, 0.2) is 42.6 Å². The minimum absolute atomic E-state index is 0.250. The molecule has 0 bridgehead atoms. The van der Waals surface area contributed by atoms with E-state index in [0.29, 0.717) is 18.7 Å².